The SMILES string of the molecule is Cc1ccc(-c2ccc3nc(Cl)nc(N4CCOCC4)c3c2)cc1. The molecule has 1 aliphatic rings. The lowest BCUT2D eigenvalue weighted by atomic mass is 10.0. The van der Waals surface area contributed by atoms with Crippen LogP contribution in [-0.4, -0.2) is 36.3 Å². The van der Waals surface area contributed by atoms with E-state index in [2.05, 4.69) is 58.2 Å². The molecule has 0 saturated carbocycles. The third kappa shape index (κ3) is 2.95. The number of nitrogens with zero attached hydrogens (tertiary/aromatic N) is 3. The number of halogens is 1. The largest absolute Gasteiger partial charge is 0.378 e. The van der Waals surface area contributed by atoms with Crippen molar-refractivity contribution in [1.29, 1.82) is 0 Å². The highest BCUT2D eigenvalue weighted by Crippen LogP contribution is 2.30. The fourth-order valence-corrected chi connectivity index (χ4v) is 3.20. The summed E-state index contributed by atoms with van der Waals surface area (Å²) in [6, 6.07) is 14.8. The van der Waals surface area contributed by atoms with Gasteiger partial charge in [0.1, 0.15) is 5.82 Å². The average Bonchev–Trinajstić information content (AvgIpc) is 2.62. The fourth-order valence-electron chi connectivity index (χ4n) is 3.03. The molecule has 0 unspecified atom stereocenters. The van der Waals surface area contributed by atoms with Gasteiger partial charge in [0, 0.05) is 18.5 Å². The van der Waals surface area contributed by atoms with Crippen molar-refractivity contribution in [3.05, 3.63) is 53.3 Å². The lowest BCUT2D eigenvalue weighted by molar-refractivity contribution is 0.122. The van der Waals surface area contributed by atoms with Crippen LogP contribution in [0, 0.1) is 6.92 Å². The molecule has 5 heteroatoms. The van der Waals surface area contributed by atoms with Gasteiger partial charge in [-0.3, -0.25) is 0 Å². The summed E-state index contributed by atoms with van der Waals surface area (Å²) in [5.41, 5.74) is 4.46. The van der Waals surface area contributed by atoms with Gasteiger partial charge in [0.05, 0.1) is 18.7 Å². The summed E-state index contributed by atoms with van der Waals surface area (Å²) in [6.07, 6.45) is 0. The first-order chi connectivity index (χ1) is 11.7. The van der Waals surface area contributed by atoms with Crippen LogP contribution in [0.15, 0.2) is 42.5 Å². The Bertz CT molecular complexity index is 874. The maximum Gasteiger partial charge on any atom is 0.224 e. The van der Waals surface area contributed by atoms with E-state index in [1.165, 1.54) is 11.1 Å². The molecule has 122 valence electrons. The maximum absolute atomic E-state index is 6.14. The van der Waals surface area contributed by atoms with Crippen molar-refractivity contribution >= 4 is 28.3 Å². The van der Waals surface area contributed by atoms with E-state index in [0.717, 1.165) is 35.4 Å². The van der Waals surface area contributed by atoms with Crippen molar-refractivity contribution in [3.63, 3.8) is 0 Å². The Morgan fingerprint density at radius 2 is 1.67 bits per heavy atom. The van der Waals surface area contributed by atoms with Gasteiger partial charge >= 0.3 is 0 Å². The first-order valence-corrected chi connectivity index (χ1v) is 8.45. The van der Waals surface area contributed by atoms with Crippen LogP contribution in [0.1, 0.15) is 5.56 Å². The van der Waals surface area contributed by atoms with Gasteiger partial charge in [-0.05, 0) is 41.8 Å². The molecule has 2 aromatic carbocycles. The summed E-state index contributed by atoms with van der Waals surface area (Å²) < 4.78 is 5.45. The highest BCUT2D eigenvalue weighted by molar-refractivity contribution is 6.28. The van der Waals surface area contributed by atoms with Gasteiger partial charge in [0.25, 0.3) is 0 Å². The minimum Gasteiger partial charge on any atom is -0.378 e. The molecule has 0 atom stereocenters. The van der Waals surface area contributed by atoms with Gasteiger partial charge < -0.3 is 9.64 Å². The van der Waals surface area contributed by atoms with Crippen LogP contribution in [0.2, 0.25) is 5.28 Å². The first kappa shape index (κ1) is 15.4. The van der Waals surface area contributed by atoms with Crippen LogP contribution < -0.4 is 4.90 Å². The molecule has 0 radical (unpaired) electrons. The molecule has 3 aromatic rings. The van der Waals surface area contributed by atoms with Crippen LogP contribution >= 0.6 is 11.6 Å². The molecule has 24 heavy (non-hydrogen) atoms. The van der Waals surface area contributed by atoms with Gasteiger partial charge in [0.15, 0.2) is 0 Å². The molecule has 0 amide bonds. The number of fused-ring (bicyclic) bond motifs is 1. The number of anilines is 1. The minimum absolute atomic E-state index is 0.284. The maximum atomic E-state index is 6.14. The third-order valence-electron chi connectivity index (χ3n) is 4.34. The van der Waals surface area contributed by atoms with E-state index in [1.807, 2.05) is 6.07 Å². The van der Waals surface area contributed by atoms with Crippen LogP contribution in [0.3, 0.4) is 0 Å². The molecule has 0 N–H and O–H groups in total. The summed E-state index contributed by atoms with van der Waals surface area (Å²) in [7, 11) is 0. The number of rotatable bonds is 2. The second-order valence-corrected chi connectivity index (χ2v) is 6.35. The summed E-state index contributed by atoms with van der Waals surface area (Å²) in [5.74, 6) is 0.891. The van der Waals surface area contributed by atoms with E-state index in [-0.39, 0.29) is 5.28 Å². The number of hydrogen-bond donors (Lipinski definition) is 0. The quantitative estimate of drug-likeness (QED) is 0.659. The molecular formula is C19H18ClN3O. The fraction of sp³-hybridized carbons (Fsp3) is 0.263. The van der Waals surface area contributed by atoms with Gasteiger partial charge in [0.2, 0.25) is 5.28 Å². The third-order valence-corrected chi connectivity index (χ3v) is 4.51. The standard InChI is InChI=1S/C19H18ClN3O/c1-13-2-4-14(5-3-13)15-6-7-17-16(12-15)18(22-19(20)21-17)23-8-10-24-11-9-23/h2-7,12H,8-11H2,1H3. The molecule has 1 saturated heterocycles. The highest BCUT2D eigenvalue weighted by atomic mass is 35.5. The van der Waals surface area contributed by atoms with E-state index in [4.69, 9.17) is 16.3 Å². The van der Waals surface area contributed by atoms with Crippen molar-refractivity contribution in [3.8, 4) is 11.1 Å². The normalized spacial score (nSPS) is 15.0. The van der Waals surface area contributed by atoms with Crippen molar-refractivity contribution in [2.45, 2.75) is 6.92 Å². The molecule has 1 aromatic heterocycles. The van der Waals surface area contributed by atoms with E-state index < -0.39 is 0 Å². The zero-order valence-electron chi connectivity index (χ0n) is 13.5. The van der Waals surface area contributed by atoms with Crippen molar-refractivity contribution < 1.29 is 4.74 Å². The number of aryl methyl sites for hydroxylation is 1. The number of ether oxygens (including phenoxy) is 1. The molecular weight excluding hydrogens is 322 g/mol. The van der Waals surface area contributed by atoms with E-state index in [0.29, 0.717) is 13.2 Å². The topological polar surface area (TPSA) is 38.2 Å². The van der Waals surface area contributed by atoms with Crippen LogP contribution in [0.5, 0.6) is 0 Å². The number of hydrogen-bond acceptors (Lipinski definition) is 4. The Morgan fingerprint density at radius 3 is 2.42 bits per heavy atom. The van der Waals surface area contributed by atoms with Gasteiger partial charge in [-0.2, -0.15) is 4.98 Å². The molecule has 0 spiro atoms. The van der Waals surface area contributed by atoms with Crippen molar-refractivity contribution in [2.24, 2.45) is 0 Å². The summed E-state index contributed by atoms with van der Waals surface area (Å²) in [6.45, 7) is 5.15. The zero-order valence-corrected chi connectivity index (χ0v) is 14.3. The molecule has 4 rings (SSSR count). The number of morpholine rings is 1. The van der Waals surface area contributed by atoms with E-state index in [1.54, 1.807) is 0 Å². The van der Waals surface area contributed by atoms with Crippen LogP contribution in [0.4, 0.5) is 5.82 Å². The summed E-state index contributed by atoms with van der Waals surface area (Å²) >= 11 is 6.14. The second kappa shape index (κ2) is 6.38. The van der Waals surface area contributed by atoms with Gasteiger partial charge in [-0.25, -0.2) is 4.98 Å². The van der Waals surface area contributed by atoms with Crippen molar-refractivity contribution in [1.82, 2.24) is 9.97 Å². The summed E-state index contributed by atoms with van der Waals surface area (Å²) in [5, 5.41) is 1.31. The molecule has 4 nitrogen and oxygen atoms in total. The van der Waals surface area contributed by atoms with E-state index >= 15 is 0 Å². The van der Waals surface area contributed by atoms with Crippen LogP contribution in [-0.2, 0) is 4.74 Å². The minimum atomic E-state index is 0.284. The van der Waals surface area contributed by atoms with E-state index in [9.17, 15) is 0 Å². The molecule has 0 aliphatic carbocycles. The Kier molecular flexibility index (Phi) is 4.08. The smallest absolute Gasteiger partial charge is 0.224 e. The number of benzene rings is 2. The van der Waals surface area contributed by atoms with Gasteiger partial charge in [-0.1, -0.05) is 35.9 Å². The Labute approximate surface area is 146 Å². The Morgan fingerprint density at radius 1 is 0.958 bits per heavy atom. The summed E-state index contributed by atoms with van der Waals surface area (Å²) in [4.78, 5) is 11.1. The van der Waals surface area contributed by atoms with Gasteiger partial charge in [-0.15, -0.1) is 0 Å². The lowest BCUT2D eigenvalue weighted by Gasteiger charge is -2.28. The monoisotopic (exact) mass is 339 g/mol. The predicted molar refractivity (Wildman–Crippen MR) is 97.8 cm³/mol. The predicted octanol–water partition coefficient (Wildman–Crippen LogP) is 4.10. The average molecular weight is 340 g/mol. The molecule has 2 heterocycles. The molecule has 0 bridgehead atoms. The van der Waals surface area contributed by atoms with Crippen molar-refractivity contribution in [2.75, 3.05) is 31.2 Å². The Balaban J connectivity index is 1.85. The Hall–Kier alpha value is -2.17. The molecule has 1 fully saturated rings. The second-order valence-electron chi connectivity index (χ2n) is 6.01. The number of aromatic nitrogens is 2. The first-order valence-electron chi connectivity index (χ1n) is 8.08. The highest BCUT2D eigenvalue weighted by Gasteiger charge is 2.17. The molecule has 1 aliphatic heterocycles. The lowest BCUT2D eigenvalue weighted by Crippen LogP contribution is -2.37. The zero-order chi connectivity index (χ0) is 16.5. The van der Waals surface area contributed by atoms with Crippen LogP contribution in [0.25, 0.3) is 22.0 Å².